The van der Waals surface area contributed by atoms with Crippen molar-refractivity contribution < 1.29 is 18.7 Å². The molecular weight excluding hydrogens is 252 g/mol. The Labute approximate surface area is 101 Å². The van der Waals surface area contributed by atoms with Crippen molar-refractivity contribution in [1.82, 2.24) is 5.32 Å². The molecule has 6 heteroatoms. The lowest BCUT2D eigenvalue weighted by Gasteiger charge is -2.13. The van der Waals surface area contributed by atoms with Crippen LogP contribution in [0.4, 0.5) is 8.78 Å². The van der Waals surface area contributed by atoms with Crippen molar-refractivity contribution in [2.45, 2.75) is 12.5 Å². The molecule has 92 valence electrons. The molecular formula is C11H10ClF2NO2. The Morgan fingerprint density at radius 1 is 1.47 bits per heavy atom. The van der Waals surface area contributed by atoms with Gasteiger partial charge in [0, 0.05) is 18.7 Å². The Morgan fingerprint density at radius 2 is 2.18 bits per heavy atom. The minimum Gasteiger partial charge on any atom is -0.481 e. The second-order valence-electron chi connectivity index (χ2n) is 4.02. The van der Waals surface area contributed by atoms with Crippen molar-refractivity contribution in [1.29, 1.82) is 0 Å². The van der Waals surface area contributed by atoms with Crippen molar-refractivity contribution in [3.63, 3.8) is 0 Å². The van der Waals surface area contributed by atoms with Crippen LogP contribution in [0.15, 0.2) is 12.1 Å². The van der Waals surface area contributed by atoms with Gasteiger partial charge in [0.15, 0.2) is 0 Å². The van der Waals surface area contributed by atoms with Gasteiger partial charge in [-0.1, -0.05) is 11.6 Å². The Bertz CT molecular complexity index is 467. The van der Waals surface area contributed by atoms with Gasteiger partial charge >= 0.3 is 5.97 Å². The molecule has 3 nitrogen and oxygen atoms in total. The van der Waals surface area contributed by atoms with E-state index in [9.17, 15) is 13.6 Å². The van der Waals surface area contributed by atoms with Crippen molar-refractivity contribution in [3.8, 4) is 0 Å². The fraction of sp³-hybridized carbons (Fsp3) is 0.364. The molecule has 2 rings (SSSR count). The average Bonchev–Trinajstić information content (AvgIpc) is 2.72. The van der Waals surface area contributed by atoms with Crippen LogP contribution in [0.5, 0.6) is 0 Å². The van der Waals surface area contributed by atoms with Gasteiger partial charge in [-0.2, -0.15) is 0 Å². The zero-order valence-electron chi connectivity index (χ0n) is 8.71. The molecule has 1 heterocycles. The monoisotopic (exact) mass is 261 g/mol. The molecule has 1 aliphatic rings. The van der Waals surface area contributed by atoms with Crippen LogP contribution in [0.25, 0.3) is 0 Å². The van der Waals surface area contributed by atoms with Gasteiger partial charge in [0.1, 0.15) is 11.6 Å². The number of hydrogen-bond donors (Lipinski definition) is 2. The maximum atomic E-state index is 13.2. The van der Waals surface area contributed by atoms with E-state index in [1.165, 1.54) is 0 Å². The SMILES string of the molecule is O=C(O)C1CNC(c2cc(F)cc(F)c2Cl)C1. The normalized spacial score (nSPS) is 23.9. The number of carboxylic acids is 1. The molecule has 1 aromatic carbocycles. The van der Waals surface area contributed by atoms with E-state index < -0.39 is 29.6 Å². The van der Waals surface area contributed by atoms with Crippen molar-refractivity contribution in [2.24, 2.45) is 5.92 Å². The number of hydrogen-bond acceptors (Lipinski definition) is 2. The Hall–Kier alpha value is -1.20. The van der Waals surface area contributed by atoms with Gasteiger partial charge in [-0.15, -0.1) is 0 Å². The second-order valence-corrected chi connectivity index (χ2v) is 4.40. The molecule has 0 spiro atoms. The highest BCUT2D eigenvalue weighted by molar-refractivity contribution is 6.31. The largest absolute Gasteiger partial charge is 0.481 e. The summed E-state index contributed by atoms with van der Waals surface area (Å²) in [4.78, 5) is 10.8. The highest BCUT2D eigenvalue weighted by atomic mass is 35.5. The number of rotatable bonds is 2. The van der Waals surface area contributed by atoms with Gasteiger partial charge in [0.25, 0.3) is 0 Å². The third-order valence-electron chi connectivity index (χ3n) is 2.88. The number of carbonyl (C=O) groups is 1. The molecule has 1 aromatic rings. The molecule has 1 saturated heterocycles. The van der Waals surface area contributed by atoms with Gasteiger partial charge in [0.05, 0.1) is 10.9 Å². The molecule has 2 atom stereocenters. The number of carboxylic acid groups (broad SMARTS) is 1. The topological polar surface area (TPSA) is 49.3 Å². The van der Waals surface area contributed by atoms with Gasteiger partial charge in [-0.25, -0.2) is 8.78 Å². The Morgan fingerprint density at radius 3 is 2.76 bits per heavy atom. The van der Waals surface area contributed by atoms with Crippen molar-refractivity contribution in [2.75, 3.05) is 6.54 Å². The molecule has 2 N–H and O–H groups in total. The Balaban J connectivity index is 2.27. The predicted octanol–water partition coefficient (Wildman–Crippen LogP) is 2.35. The molecule has 0 aliphatic carbocycles. The first-order valence-corrected chi connectivity index (χ1v) is 5.47. The molecule has 0 amide bonds. The fourth-order valence-electron chi connectivity index (χ4n) is 1.99. The van der Waals surface area contributed by atoms with E-state index in [0.29, 0.717) is 6.07 Å². The second kappa shape index (κ2) is 4.58. The summed E-state index contributed by atoms with van der Waals surface area (Å²) in [6.07, 6.45) is 0.276. The Kier molecular flexibility index (Phi) is 3.31. The van der Waals surface area contributed by atoms with E-state index in [0.717, 1.165) is 6.07 Å². The van der Waals surface area contributed by atoms with E-state index in [1.807, 2.05) is 0 Å². The van der Waals surface area contributed by atoms with E-state index in [1.54, 1.807) is 0 Å². The number of nitrogens with one attached hydrogen (secondary N) is 1. The van der Waals surface area contributed by atoms with E-state index in [2.05, 4.69) is 5.32 Å². The summed E-state index contributed by atoms with van der Waals surface area (Å²) < 4.78 is 26.3. The summed E-state index contributed by atoms with van der Waals surface area (Å²) in [6, 6.07) is 1.41. The molecule has 1 fully saturated rings. The fourth-order valence-corrected chi connectivity index (χ4v) is 2.23. The first-order valence-electron chi connectivity index (χ1n) is 5.09. The molecule has 17 heavy (non-hydrogen) atoms. The van der Waals surface area contributed by atoms with E-state index >= 15 is 0 Å². The average molecular weight is 262 g/mol. The zero-order chi connectivity index (χ0) is 12.6. The minimum absolute atomic E-state index is 0.157. The predicted molar refractivity (Wildman–Crippen MR) is 57.9 cm³/mol. The zero-order valence-corrected chi connectivity index (χ0v) is 9.47. The van der Waals surface area contributed by atoms with Crippen LogP contribution in [-0.4, -0.2) is 17.6 Å². The van der Waals surface area contributed by atoms with Gasteiger partial charge in [-0.3, -0.25) is 4.79 Å². The van der Waals surface area contributed by atoms with Crippen molar-refractivity contribution >= 4 is 17.6 Å². The van der Waals surface area contributed by atoms with Crippen LogP contribution in [0, 0.1) is 17.6 Å². The first kappa shape index (κ1) is 12.3. The maximum absolute atomic E-state index is 13.2. The summed E-state index contributed by atoms with van der Waals surface area (Å²) in [5.74, 6) is -3.03. The number of aliphatic carboxylic acids is 1. The van der Waals surface area contributed by atoms with E-state index in [-0.39, 0.29) is 23.6 Å². The number of halogens is 3. The van der Waals surface area contributed by atoms with Gasteiger partial charge in [-0.05, 0) is 18.1 Å². The summed E-state index contributed by atoms with van der Waals surface area (Å²) in [5, 5.41) is 11.6. The van der Waals surface area contributed by atoms with Crippen LogP contribution in [0.3, 0.4) is 0 Å². The third kappa shape index (κ3) is 2.40. The number of benzene rings is 1. The van der Waals surface area contributed by atoms with E-state index in [4.69, 9.17) is 16.7 Å². The molecule has 2 unspecified atom stereocenters. The summed E-state index contributed by atoms with van der Waals surface area (Å²) in [6.45, 7) is 0.272. The van der Waals surface area contributed by atoms with Crippen LogP contribution in [0.1, 0.15) is 18.0 Å². The van der Waals surface area contributed by atoms with Crippen molar-refractivity contribution in [3.05, 3.63) is 34.4 Å². The van der Waals surface area contributed by atoms with Crippen LogP contribution < -0.4 is 5.32 Å². The van der Waals surface area contributed by atoms with Gasteiger partial charge in [0.2, 0.25) is 0 Å². The van der Waals surface area contributed by atoms with Gasteiger partial charge < -0.3 is 10.4 Å². The standard InChI is InChI=1S/C11H10ClF2NO2/c12-10-7(2-6(13)3-8(10)14)9-1-5(4-15-9)11(16)17/h2-3,5,9,15H,1,4H2,(H,16,17). The van der Waals surface area contributed by atoms with Crippen LogP contribution in [0.2, 0.25) is 5.02 Å². The summed E-state index contributed by atoms with van der Waals surface area (Å²) >= 11 is 5.74. The van der Waals surface area contributed by atoms with Crippen LogP contribution >= 0.6 is 11.6 Å². The molecule has 0 radical (unpaired) electrons. The molecule has 0 bridgehead atoms. The highest BCUT2D eigenvalue weighted by Gasteiger charge is 2.32. The summed E-state index contributed by atoms with van der Waals surface area (Å²) in [5.41, 5.74) is 0.271. The third-order valence-corrected chi connectivity index (χ3v) is 3.28. The summed E-state index contributed by atoms with van der Waals surface area (Å²) in [7, 11) is 0. The molecule has 0 aromatic heterocycles. The highest BCUT2D eigenvalue weighted by Crippen LogP contribution is 2.33. The molecule has 1 aliphatic heterocycles. The molecule has 0 saturated carbocycles. The lowest BCUT2D eigenvalue weighted by molar-refractivity contribution is -0.141. The maximum Gasteiger partial charge on any atom is 0.307 e. The van der Waals surface area contributed by atoms with Crippen LogP contribution in [-0.2, 0) is 4.79 Å². The first-order chi connectivity index (χ1) is 7.99. The minimum atomic E-state index is -0.923. The lowest BCUT2D eigenvalue weighted by Crippen LogP contribution is -2.17. The smallest absolute Gasteiger partial charge is 0.307 e. The lowest BCUT2D eigenvalue weighted by atomic mass is 10.00. The quantitative estimate of drug-likeness (QED) is 0.804.